The summed E-state index contributed by atoms with van der Waals surface area (Å²) in [6, 6.07) is 6.07. The first-order valence-electron chi connectivity index (χ1n) is 6.87. The van der Waals surface area contributed by atoms with Crippen LogP contribution in [0.4, 0.5) is 0 Å². The monoisotopic (exact) mass is 437 g/mol. The number of rotatable bonds is 2. The first-order chi connectivity index (χ1) is 11.4. The lowest BCUT2D eigenvalue weighted by molar-refractivity contribution is -0.361. The molecule has 1 saturated heterocycles. The van der Waals surface area contributed by atoms with Crippen molar-refractivity contribution in [3.63, 3.8) is 0 Å². The van der Waals surface area contributed by atoms with Crippen molar-refractivity contribution in [2.45, 2.75) is 27.7 Å². The first-order valence-corrected chi connectivity index (χ1v) is 8.05. The van der Waals surface area contributed by atoms with E-state index < -0.39 is 33.7 Å². The van der Waals surface area contributed by atoms with Crippen molar-refractivity contribution in [2.24, 2.45) is 0 Å². The van der Waals surface area contributed by atoms with Crippen molar-refractivity contribution in [3.8, 4) is 5.75 Å². The van der Waals surface area contributed by atoms with Gasteiger partial charge in [-0.05, 0) is 28.1 Å². The van der Waals surface area contributed by atoms with Gasteiger partial charge in [0.05, 0.1) is 5.52 Å². The molecule has 1 aromatic carbocycles. The highest BCUT2D eigenvalue weighted by Gasteiger charge is 2.71. The van der Waals surface area contributed by atoms with Crippen LogP contribution in [-0.4, -0.2) is 63.1 Å². The number of aliphatic hydroxyl groups excluding tert-OH is 1. The maximum absolute atomic E-state index is 11.6. The Morgan fingerprint density at radius 2 is 1.88 bits per heavy atom. The number of para-hydroxylation sites is 1. The third-order valence-electron chi connectivity index (χ3n) is 4.16. The van der Waals surface area contributed by atoms with E-state index in [9.17, 15) is 35.4 Å². The third kappa shape index (κ3) is 2.37. The van der Waals surface area contributed by atoms with E-state index in [4.69, 9.17) is 16.3 Å². The highest BCUT2D eigenvalue weighted by molar-refractivity contribution is 9.10. The molecule has 0 bridgehead atoms. The number of nitrogens with zero attached hydrogens (tertiary/aromatic N) is 1. The summed E-state index contributed by atoms with van der Waals surface area (Å²) < 4.78 is 2.75. The first kappa shape index (κ1) is 18.4. The fourth-order valence-corrected chi connectivity index (χ4v) is 3.49. The molecule has 0 amide bonds. The zero-order chi connectivity index (χ0) is 18.8. The molecule has 1 aliphatic heterocycles. The fourth-order valence-electron chi connectivity index (χ4n) is 2.87. The van der Waals surface area contributed by atoms with Gasteiger partial charge in [0.2, 0.25) is 16.3 Å². The van der Waals surface area contributed by atoms with Gasteiger partial charge in [0.1, 0.15) is 5.75 Å². The summed E-state index contributed by atoms with van der Waals surface area (Å²) in [5.74, 6) is -2.09. The SMILES string of the molecule is O=C(O)[C@H]1O[C@](O)(Cl)[C@@](O)(Br)[C@@H](O)[C@@]1(O)n1cc(O)c2ccccc21. The Hall–Kier alpha value is -1.40. The Balaban J connectivity index is 2.30. The van der Waals surface area contributed by atoms with Gasteiger partial charge < -0.3 is 39.9 Å². The molecule has 2 heterocycles. The minimum absolute atomic E-state index is 0.139. The van der Waals surface area contributed by atoms with Crippen LogP contribution < -0.4 is 0 Å². The number of hydrogen-bond acceptors (Lipinski definition) is 7. The summed E-state index contributed by atoms with van der Waals surface area (Å²) in [7, 11) is 0. The highest BCUT2D eigenvalue weighted by Crippen LogP contribution is 2.50. The van der Waals surface area contributed by atoms with Gasteiger partial charge in [-0.25, -0.2) is 4.79 Å². The molecule has 2 aromatic rings. The van der Waals surface area contributed by atoms with E-state index in [1.807, 2.05) is 0 Å². The molecule has 0 aliphatic carbocycles. The number of carboxylic acids is 1. The van der Waals surface area contributed by atoms with Gasteiger partial charge >= 0.3 is 5.97 Å². The molecule has 0 radical (unpaired) electrons. The number of ether oxygens (including phenoxy) is 1. The fraction of sp³-hybridized carbons (Fsp3) is 0.357. The van der Waals surface area contributed by atoms with Crippen LogP contribution in [0.3, 0.4) is 0 Å². The smallest absolute Gasteiger partial charge is 0.338 e. The molecule has 25 heavy (non-hydrogen) atoms. The van der Waals surface area contributed by atoms with E-state index in [2.05, 4.69) is 15.9 Å². The number of aromatic hydroxyl groups is 1. The maximum Gasteiger partial charge on any atom is 0.338 e. The molecule has 9 nitrogen and oxygen atoms in total. The predicted molar refractivity (Wildman–Crippen MR) is 87.0 cm³/mol. The van der Waals surface area contributed by atoms with E-state index in [1.54, 1.807) is 12.1 Å². The van der Waals surface area contributed by atoms with Gasteiger partial charge in [0.25, 0.3) is 5.25 Å². The highest BCUT2D eigenvalue weighted by atomic mass is 79.9. The lowest BCUT2D eigenvalue weighted by Gasteiger charge is -2.52. The largest absolute Gasteiger partial charge is 0.506 e. The lowest BCUT2D eigenvalue weighted by Crippen LogP contribution is -2.74. The summed E-state index contributed by atoms with van der Waals surface area (Å²) in [6.45, 7) is 0. The Bertz CT molecular complexity index is 852. The van der Waals surface area contributed by atoms with E-state index in [-0.39, 0.29) is 16.7 Å². The number of alkyl halides is 2. The second-order valence-corrected chi connectivity index (χ2v) is 7.38. The topological polar surface area (TPSA) is 153 Å². The molecule has 0 saturated carbocycles. The van der Waals surface area contributed by atoms with Gasteiger partial charge in [-0.3, -0.25) is 0 Å². The van der Waals surface area contributed by atoms with Crippen LogP contribution >= 0.6 is 27.5 Å². The zero-order valence-corrected chi connectivity index (χ0v) is 14.6. The van der Waals surface area contributed by atoms with Crippen molar-refractivity contribution in [2.75, 3.05) is 0 Å². The average molecular weight is 439 g/mol. The van der Waals surface area contributed by atoms with E-state index in [0.717, 1.165) is 10.8 Å². The number of aliphatic carboxylic acids is 1. The van der Waals surface area contributed by atoms with Crippen LogP contribution in [0.5, 0.6) is 5.75 Å². The lowest BCUT2D eigenvalue weighted by atomic mass is 9.90. The summed E-state index contributed by atoms with van der Waals surface area (Å²) >= 11 is 8.15. The van der Waals surface area contributed by atoms with Crippen molar-refractivity contribution in [1.29, 1.82) is 0 Å². The molecule has 136 valence electrons. The molecule has 0 spiro atoms. The maximum atomic E-state index is 11.6. The molecule has 3 rings (SSSR count). The number of carboxylic acid groups (broad SMARTS) is 1. The van der Waals surface area contributed by atoms with E-state index in [1.165, 1.54) is 12.1 Å². The summed E-state index contributed by atoms with van der Waals surface area (Å²) in [5.41, 5.74) is -2.70. The molecular formula is C14H13BrClNO8. The van der Waals surface area contributed by atoms with Crippen LogP contribution in [0, 0.1) is 0 Å². The molecule has 5 atom stereocenters. The number of benzene rings is 1. The van der Waals surface area contributed by atoms with Crippen LogP contribution in [0.15, 0.2) is 30.5 Å². The van der Waals surface area contributed by atoms with Crippen molar-refractivity contribution in [1.82, 2.24) is 4.57 Å². The molecular weight excluding hydrogens is 426 g/mol. The van der Waals surface area contributed by atoms with Gasteiger partial charge in [-0.15, -0.1) is 0 Å². The summed E-state index contributed by atoms with van der Waals surface area (Å²) in [6.07, 6.45) is -3.71. The van der Waals surface area contributed by atoms with Crippen LogP contribution in [0.2, 0.25) is 0 Å². The van der Waals surface area contributed by atoms with Crippen molar-refractivity contribution < 1.29 is 40.2 Å². The minimum atomic E-state index is -3.06. The molecule has 1 fully saturated rings. The standard InChI is InChI=1S/C14H13BrClNO8/c15-13(23)11(21)12(22,9(10(19)20)25-14(13,16)24)17-5-8(18)6-3-1-2-4-7(6)17/h1-5,9,11,18,21-24H,(H,19,20)/t9-,11+,12-,13-,14+/m1/s1. The Morgan fingerprint density at radius 3 is 2.48 bits per heavy atom. The average Bonchev–Trinajstić information content (AvgIpc) is 2.88. The number of fused-ring (bicyclic) bond motifs is 1. The number of aromatic nitrogens is 1. The quantitative estimate of drug-likeness (QED) is 0.353. The molecule has 1 aliphatic rings. The number of carbonyl (C=O) groups is 1. The summed E-state index contributed by atoms with van der Waals surface area (Å²) in [4.78, 5) is 11.6. The molecule has 11 heteroatoms. The van der Waals surface area contributed by atoms with Crippen molar-refractivity contribution >= 4 is 44.4 Å². The third-order valence-corrected chi connectivity index (χ3v) is 5.73. The van der Waals surface area contributed by atoms with Gasteiger partial charge in [-0.1, -0.05) is 23.7 Å². The predicted octanol–water partition coefficient (Wildman–Crippen LogP) is -0.195. The second kappa shape index (κ2) is 5.55. The summed E-state index contributed by atoms with van der Waals surface area (Å²) in [5, 5.41) is 58.4. The van der Waals surface area contributed by atoms with Crippen LogP contribution in [0.25, 0.3) is 10.9 Å². The normalized spacial score (nSPS) is 38.8. The zero-order valence-electron chi connectivity index (χ0n) is 12.2. The van der Waals surface area contributed by atoms with Crippen molar-refractivity contribution in [3.05, 3.63) is 30.5 Å². The molecule has 1 aromatic heterocycles. The van der Waals surface area contributed by atoms with Gasteiger partial charge in [0, 0.05) is 11.6 Å². The minimum Gasteiger partial charge on any atom is -0.506 e. The van der Waals surface area contributed by atoms with E-state index >= 15 is 0 Å². The second-order valence-electron chi connectivity index (χ2n) is 5.66. The van der Waals surface area contributed by atoms with Gasteiger partial charge in [0.15, 0.2) is 6.10 Å². The number of halogens is 2. The number of hydrogen-bond donors (Lipinski definition) is 6. The molecule has 0 unspecified atom stereocenters. The Morgan fingerprint density at radius 1 is 1.28 bits per heavy atom. The molecule has 6 N–H and O–H groups in total. The van der Waals surface area contributed by atoms with Crippen LogP contribution in [0.1, 0.15) is 0 Å². The Kier molecular flexibility index (Phi) is 4.08. The number of aliphatic hydroxyl groups is 4. The van der Waals surface area contributed by atoms with Crippen LogP contribution in [-0.2, 0) is 15.3 Å². The Labute approximate surface area is 153 Å². The van der Waals surface area contributed by atoms with E-state index in [0.29, 0.717) is 0 Å². The van der Waals surface area contributed by atoms with Gasteiger partial charge in [-0.2, -0.15) is 0 Å².